The summed E-state index contributed by atoms with van der Waals surface area (Å²) in [5, 5.41) is 14.7. The maximum Gasteiger partial charge on any atom is 0.410 e. The molecular formula is C16H23N3O3. The fourth-order valence-corrected chi connectivity index (χ4v) is 3.26. The third-order valence-corrected chi connectivity index (χ3v) is 4.21. The lowest BCUT2D eigenvalue weighted by atomic mass is 9.92. The summed E-state index contributed by atoms with van der Waals surface area (Å²) < 4.78 is 7.18. The van der Waals surface area contributed by atoms with Gasteiger partial charge < -0.3 is 14.7 Å². The van der Waals surface area contributed by atoms with Gasteiger partial charge in [0.1, 0.15) is 5.60 Å². The van der Waals surface area contributed by atoms with Gasteiger partial charge >= 0.3 is 6.09 Å². The van der Waals surface area contributed by atoms with Gasteiger partial charge in [-0.3, -0.25) is 4.68 Å². The Kier molecular flexibility index (Phi) is 3.51. The lowest BCUT2D eigenvalue weighted by molar-refractivity contribution is 0.0276. The van der Waals surface area contributed by atoms with E-state index in [-0.39, 0.29) is 17.9 Å². The van der Waals surface area contributed by atoms with E-state index in [4.69, 9.17) is 4.74 Å². The van der Waals surface area contributed by atoms with Crippen LogP contribution in [0, 0.1) is 11.8 Å². The van der Waals surface area contributed by atoms with Crippen LogP contribution >= 0.6 is 0 Å². The Hall–Kier alpha value is -1.82. The van der Waals surface area contributed by atoms with Gasteiger partial charge in [0.05, 0.1) is 11.8 Å². The number of fused-ring (bicyclic) bond motifs is 1. The van der Waals surface area contributed by atoms with E-state index in [1.165, 1.54) is 0 Å². The first-order valence-electron chi connectivity index (χ1n) is 7.62. The van der Waals surface area contributed by atoms with Gasteiger partial charge in [0.2, 0.25) is 0 Å². The van der Waals surface area contributed by atoms with E-state index >= 15 is 0 Å². The maximum atomic E-state index is 12.2. The Morgan fingerprint density at radius 3 is 2.73 bits per heavy atom. The third kappa shape index (κ3) is 2.75. The molecule has 2 heterocycles. The van der Waals surface area contributed by atoms with Crippen molar-refractivity contribution in [1.82, 2.24) is 14.7 Å². The molecule has 6 nitrogen and oxygen atoms in total. The van der Waals surface area contributed by atoms with Crippen molar-refractivity contribution in [3.8, 4) is 0 Å². The number of hydrogen-bond acceptors (Lipinski definition) is 4. The summed E-state index contributed by atoms with van der Waals surface area (Å²) >= 11 is 0. The second-order valence-corrected chi connectivity index (χ2v) is 7.14. The van der Waals surface area contributed by atoms with E-state index in [1.54, 1.807) is 9.58 Å². The molecule has 0 radical (unpaired) electrons. The van der Waals surface area contributed by atoms with Gasteiger partial charge in [-0.2, -0.15) is 5.10 Å². The van der Waals surface area contributed by atoms with Crippen LogP contribution in [0.3, 0.4) is 0 Å². The standard InChI is InChI=1S/C16H23N3O3/c1-16(2,3)22-15(21)19-8-11-10(7-14(20)12(11)9-19)13-5-6-18(4)17-13/h5-7,11-12,14,20H,8-9H2,1-4H3. The molecule has 1 aliphatic heterocycles. The van der Waals surface area contributed by atoms with E-state index in [2.05, 4.69) is 5.10 Å². The number of ether oxygens (including phenoxy) is 1. The average molecular weight is 305 g/mol. The van der Waals surface area contributed by atoms with Crippen molar-refractivity contribution in [2.24, 2.45) is 18.9 Å². The van der Waals surface area contributed by atoms with Crippen molar-refractivity contribution in [3.05, 3.63) is 24.0 Å². The summed E-state index contributed by atoms with van der Waals surface area (Å²) in [7, 11) is 1.87. The zero-order valence-electron chi connectivity index (χ0n) is 13.5. The minimum absolute atomic E-state index is 0.0320. The molecule has 1 aliphatic carbocycles. The predicted octanol–water partition coefficient (Wildman–Crippen LogP) is 1.66. The first-order chi connectivity index (χ1) is 10.2. The highest BCUT2D eigenvalue weighted by atomic mass is 16.6. The molecule has 1 N–H and O–H groups in total. The largest absolute Gasteiger partial charge is 0.444 e. The topological polar surface area (TPSA) is 67.6 Å². The molecule has 1 amide bonds. The number of carbonyl (C=O) groups excluding carboxylic acids is 1. The van der Waals surface area contributed by atoms with Crippen LogP contribution in [-0.2, 0) is 11.8 Å². The highest BCUT2D eigenvalue weighted by Gasteiger charge is 2.46. The average Bonchev–Trinajstić information content (AvgIpc) is 3.04. The molecule has 0 bridgehead atoms. The van der Waals surface area contributed by atoms with E-state index in [0.29, 0.717) is 13.1 Å². The first kappa shape index (κ1) is 15.1. The Morgan fingerprint density at radius 2 is 2.14 bits per heavy atom. The van der Waals surface area contributed by atoms with E-state index in [0.717, 1.165) is 11.3 Å². The van der Waals surface area contributed by atoms with Gasteiger partial charge in [-0.15, -0.1) is 0 Å². The normalized spacial score (nSPS) is 27.8. The second kappa shape index (κ2) is 5.12. The van der Waals surface area contributed by atoms with Crippen LogP contribution in [-0.4, -0.2) is 50.7 Å². The monoisotopic (exact) mass is 305 g/mol. The quantitative estimate of drug-likeness (QED) is 0.857. The number of aliphatic hydroxyl groups is 1. The number of aromatic nitrogens is 2. The van der Waals surface area contributed by atoms with Gasteiger partial charge in [0, 0.05) is 38.2 Å². The molecule has 1 saturated heterocycles. The van der Waals surface area contributed by atoms with Gasteiger partial charge in [-0.1, -0.05) is 6.08 Å². The summed E-state index contributed by atoms with van der Waals surface area (Å²) in [5.41, 5.74) is 1.40. The number of aryl methyl sites for hydroxylation is 1. The number of amides is 1. The van der Waals surface area contributed by atoms with Crippen LogP contribution in [0.4, 0.5) is 4.79 Å². The zero-order chi connectivity index (χ0) is 16.1. The van der Waals surface area contributed by atoms with Gasteiger partial charge in [0.15, 0.2) is 0 Å². The summed E-state index contributed by atoms with van der Waals surface area (Å²) in [6, 6.07) is 1.94. The summed E-state index contributed by atoms with van der Waals surface area (Å²) in [4.78, 5) is 13.9. The van der Waals surface area contributed by atoms with Gasteiger partial charge in [0.25, 0.3) is 0 Å². The number of aliphatic hydroxyl groups excluding tert-OH is 1. The number of rotatable bonds is 1. The first-order valence-corrected chi connectivity index (χ1v) is 7.62. The zero-order valence-corrected chi connectivity index (χ0v) is 13.5. The summed E-state index contributed by atoms with van der Waals surface area (Å²) in [6.45, 7) is 6.66. The molecular weight excluding hydrogens is 282 g/mol. The lowest BCUT2D eigenvalue weighted by Crippen LogP contribution is -2.36. The van der Waals surface area contributed by atoms with Crippen molar-refractivity contribution in [3.63, 3.8) is 0 Å². The van der Waals surface area contributed by atoms with Crippen LogP contribution < -0.4 is 0 Å². The highest BCUT2D eigenvalue weighted by molar-refractivity contribution is 5.73. The molecule has 0 saturated carbocycles. The van der Waals surface area contributed by atoms with Gasteiger partial charge in [-0.25, -0.2) is 4.79 Å². The molecule has 1 aromatic rings. The number of hydrogen-bond donors (Lipinski definition) is 1. The van der Waals surface area contributed by atoms with E-state index < -0.39 is 11.7 Å². The second-order valence-electron chi connectivity index (χ2n) is 7.14. The molecule has 1 fully saturated rings. The van der Waals surface area contributed by atoms with Crippen LogP contribution in [0.2, 0.25) is 0 Å². The summed E-state index contributed by atoms with van der Waals surface area (Å²) in [5.74, 6) is 0.155. The number of carbonyl (C=O) groups is 1. The van der Waals surface area contributed by atoms with Crippen LogP contribution in [0.5, 0.6) is 0 Å². The van der Waals surface area contributed by atoms with Crippen LogP contribution in [0.15, 0.2) is 18.3 Å². The SMILES string of the molecule is Cn1ccc(C2=CC(O)C3CN(C(=O)OC(C)(C)C)CC23)n1. The Bertz CT molecular complexity index is 614. The van der Waals surface area contributed by atoms with E-state index in [9.17, 15) is 9.90 Å². The van der Waals surface area contributed by atoms with Crippen molar-refractivity contribution in [1.29, 1.82) is 0 Å². The minimum atomic E-state index is -0.533. The Balaban J connectivity index is 1.76. The molecule has 2 aliphatic rings. The van der Waals surface area contributed by atoms with Crippen LogP contribution in [0.1, 0.15) is 26.5 Å². The maximum absolute atomic E-state index is 12.2. The molecule has 0 spiro atoms. The van der Waals surface area contributed by atoms with Crippen molar-refractivity contribution >= 4 is 11.7 Å². The lowest BCUT2D eigenvalue weighted by Gasteiger charge is -2.25. The Labute approximate surface area is 130 Å². The minimum Gasteiger partial charge on any atom is -0.444 e. The number of nitrogens with zero attached hydrogens (tertiary/aromatic N) is 3. The molecule has 0 aromatic carbocycles. The summed E-state index contributed by atoms with van der Waals surface area (Å²) in [6.07, 6.45) is 2.92. The number of likely N-dealkylation sites (tertiary alicyclic amines) is 1. The molecule has 120 valence electrons. The molecule has 3 atom stereocenters. The van der Waals surface area contributed by atoms with Gasteiger partial charge in [-0.05, 0) is 32.4 Å². The van der Waals surface area contributed by atoms with Crippen molar-refractivity contribution < 1.29 is 14.6 Å². The fourth-order valence-electron chi connectivity index (χ4n) is 3.26. The van der Waals surface area contributed by atoms with Crippen LogP contribution in [0.25, 0.3) is 5.57 Å². The third-order valence-electron chi connectivity index (χ3n) is 4.21. The smallest absolute Gasteiger partial charge is 0.410 e. The predicted molar refractivity (Wildman–Crippen MR) is 82.0 cm³/mol. The van der Waals surface area contributed by atoms with Crippen molar-refractivity contribution in [2.45, 2.75) is 32.5 Å². The molecule has 6 heteroatoms. The van der Waals surface area contributed by atoms with E-state index in [1.807, 2.05) is 46.2 Å². The Morgan fingerprint density at radius 1 is 1.41 bits per heavy atom. The molecule has 3 unspecified atom stereocenters. The highest BCUT2D eigenvalue weighted by Crippen LogP contribution is 2.42. The fraction of sp³-hybridized carbons (Fsp3) is 0.625. The molecule has 22 heavy (non-hydrogen) atoms. The van der Waals surface area contributed by atoms with Crippen molar-refractivity contribution in [2.75, 3.05) is 13.1 Å². The molecule has 3 rings (SSSR count). The molecule has 1 aromatic heterocycles.